The number of benzene rings is 2. The minimum absolute atomic E-state index is 0.171. The summed E-state index contributed by atoms with van der Waals surface area (Å²) in [4.78, 5) is 17.4. The number of amidine groups is 1. The lowest BCUT2D eigenvalue weighted by molar-refractivity contribution is -0.116. The Kier molecular flexibility index (Phi) is 3.78. The Hall–Kier alpha value is -2.31. The number of rotatable bonds is 1. The average molecular weight is 357 g/mol. The molecule has 2 aliphatic heterocycles. The first-order valence-electron chi connectivity index (χ1n) is 7.33. The van der Waals surface area contributed by atoms with Crippen molar-refractivity contribution in [2.24, 2.45) is 10.1 Å². The van der Waals surface area contributed by atoms with Crippen molar-refractivity contribution in [1.29, 1.82) is 0 Å². The molecular formula is C17H13ClN4OS. The highest BCUT2D eigenvalue weighted by molar-refractivity contribution is 8.13. The Morgan fingerprint density at radius 2 is 1.92 bits per heavy atom. The van der Waals surface area contributed by atoms with Crippen LogP contribution in [-0.4, -0.2) is 22.3 Å². The molecule has 1 amide bonds. The molecule has 120 valence electrons. The van der Waals surface area contributed by atoms with Crippen LogP contribution in [-0.2, 0) is 4.79 Å². The van der Waals surface area contributed by atoms with E-state index in [9.17, 15) is 4.79 Å². The van der Waals surface area contributed by atoms with Gasteiger partial charge in [0.1, 0.15) is 5.70 Å². The molecule has 0 bridgehead atoms. The zero-order valence-electron chi connectivity index (χ0n) is 12.7. The fourth-order valence-electron chi connectivity index (χ4n) is 2.77. The van der Waals surface area contributed by atoms with Crippen LogP contribution in [0.4, 0.5) is 0 Å². The molecule has 0 saturated carbocycles. The molecule has 4 rings (SSSR count). The van der Waals surface area contributed by atoms with Crippen LogP contribution < -0.4 is 15.9 Å². The molecule has 0 aromatic heterocycles. The zero-order chi connectivity index (χ0) is 16.7. The lowest BCUT2D eigenvalue weighted by Gasteiger charge is -2.33. The normalized spacial score (nSPS) is 19.0. The smallest absolute Gasteiger partial charge is 0.276 e. The van der Waals surface area contributed by atoms with Crippen LogP contribution in [0.15, 0.2) is 58.6 Å². The SMILES string of the molecule is CSC1=NN2C(=c3ccccc3=N[C@H]2c2ccc(Cl)cc2)C(=O)N1. The molecule has 2 aliphatic rings. The van der Waals surface area contributed by atoms with E-state index >= 15 is 0 Å². The van der Waals surface area contributed by atoms with Gasteiger partial charge in [-0.1, -0.05) is 53.7 Å². The maximum atomic E-state index is 12.6. The van der Waals surface area contributed by atoms with Gasteiger partial charge in [0, 0.05) is 10.2 Å². The van der Waals surface area contributed by atoms with Crippen LogP contribution in [0.3, 0.4) is 0 Å². The topological polar surface area (TPSA) is 57.1 Å². The van der Waals surface area contributed by atoms with Crippen molar-refractivity contribution in [1.82, 2.24) is 10.3 Å². The number of nitrogens with one attached hydrogen (secondary N) is 1. The average Bonchev–Trinajstić information content (AvgIpc) is 2.61. The van der Waals surface area contributed by atoms with Crippen molar-refractivity contribution >= 4 is 40.1 Å². The number of para-hydroxylation sites is 1. The highest BCUT2D eigenvalue weighted by Gasteiger charge is 2.33. The summed E-state index contributed by atoms with van der Waals surface area (Å²) in [6.07, 6.45) is 1.47. The number of carbonyl (C=O) groups is 1. The van der Waals surface area contributed by atoms with Crippen LogP contribution in [0.5, 0.6) is 0 Å². The monoisotopic (exact) mass is 356 g/mol. The predicted molar refractivity (Wildman–Crippen MR) is 95.8 cm³/mol. The Morgan fingerprint density at radius 1 is 1.17 bits per heavy atom. The fraction of sp³-hybridized carbons (Fsp3) is 0.118. The molecule has 0 radical (unpaired) electrons. The third kappa shape index (κ3) is 2.48. The van der Waals surface area contributed by atoms with Gasteiger partial charge in [0.15, 0.2) is 11.3 Å². The van der Waals surface area contributed by atoms with Crippen LogP contribution >= 0.6 is 23.4 Å². The second kappa shape index (κ2) is 5.96. The second-order valence-corrected chi connectivity index (χ2v) is 6.56. The summed E-state index contributed by atoms with van der Waals surface area (Å²) in [7, 11) is 0. The van der Waals surface area contributed by atoms with Gasteiger partial charge in [0.25, 0.3) is 5.91 Å². The molecule has 0 spiro atoms. The first-order chi connectivity index (χ1) is 11.7. The maximum Gasteiger partial charge on any atom is 0.276 e. The summed E-state index contributed by atoms with van der Waals surface area (Å²) >= 11 is 7.38. The number of hydrazone groups is 1. The van der Waals surface area contributed by atoms with Gasteiger partial charge in [-0.05, 0) is 30.0 Å². The van der Waals surface area contributed by atoms with E-state index in [2.05, 4.69) is 10.4 Å². The van der Waals surface area contributed by atoms with Crippen molar-refractivity contribution in [3.8, 4) is 0 Å². The van der Waals surface area contributed by atoms with Crippen molar-refractivity contribution < 1.29 is 4.79 Å². The summed E-state index contributed by atoms with van der Waals surface area (Å²) in [6, 6.07) is 15.0. The summed E-state index contributed by atoms with van der Waals surface area (Å²) in [5.74, 6) is -0.171. The van der Waals surface area contributed by atoms with Gasteiger partial charge in [0.05, 0.1) is 5.36 Å². The van der Waals surface area contributed by atoms with Crippen LogP contribution in [0.1, 0.15) is 11.7 Å². The van der Waals surface area contributed by atoms with Crippen LogP contribution in [0.2, 0.25) is 5.02 Å². The molecule has 0 fully saturated rings. The van der Waals surface area contributed by atoms with E-state index in [4.69, 9.17) is 16.6 Å². The number of carbonyl (C=O) groups excluding carboxylic acids is 1. The molecule has 2 aromatic rings. The van der Waals surface area contributed by atoms with Crippen molar-refractivity contribution in [2.45, 2.75) is 6.17 Å². The van der Waals surface area contributed by atoms with Gasteiger partial charge in [-0.25, -0.2) is 5.01 Å². The van der Waals surface area contributed by atoms with E-state index in [-0.39, 0.29) is 5.91 Å². The third-order valence-electron chi connectivity index (χ3n) is 3.88. The van der Waals surface area contributed by atoms with E-state index in [1.807, 2.05) is 54.8 Å². The standard InChI is InChI=1S/C17H13ClN4OS/c1-24-17-20-16(23)14-12-4-2-3-5-13(12)19-15(22(14)21-17)10-6-8-11(18)9-7-10/h2-9,15H,1H3,(H,20,21,23)/t15-/m1/s1. The number of halogens is 1. The lowest BCUT2D eigenvalue weighted by atomic mass is 10.1. The minimum atomic E-state index is -0.402. The van der Waals surface area contributed by atoms with Gasteiger partial charge in [-0.2, -0.15) is 0 Å². The lowest BCUT2D eigenvalue weighted by Crippen LogP contribution is -2.50. The summed E-state index contributed by atoms with van der Waals surface area (Å²) in [6.45, 7) is 0. The Balaban J connectivity index is 1.97. The summed E-state index contributed by atoms with van der Waals surface area (Å²) in [5, 5.41) is 11.8. The van der Waals surface area contributed by atoms with E-state index in [0.717, 1.165) is 16.1 Å². The predicted octanol–water partition coefficient (Wildman–Crippen LogP) is 1.85. The molecule has 5 nitrogen and oxygen atoms in total. The molecule has 2 heterocycles. The second-order valence-electron chi connectivity index (χ2n) is 5.33. The van der Waals surface area contributed by atoms with Crippen LogP contribution in [0, 0.1) is 0 Å². The number of thioether (sulfide) groups is 1. The molecule has 7 heteroatoms. The third-order valence-corrected chi connectivity index (χ3v) is 4.70. The Bertz CT molecular complexity index is 971. The first kappa shape index (κ1) is 15.2. The number of fused-ring (bicyclic) bond motifs is 2. The highest BCUT2D eigenvalue weighted by atomic mass is 35.5. The van der Waals surface area contributed by atoms with Gasteiger partial charge in [-0.15, -0.1) is 5.10 Å². The molecular weight excluding hydrogens is 344 g/mol. The van der Waals surface area contributed by atoms with Crippen molar-refractivity contribution in [3.05, 3.63) is 69.7 Å². The van der Waals surface area contributed by atoms with E-state index in [0.29, 0.717) is 15.9 Å². The largest absolute Gasteiger partial charge is 0.298 e. The number of hydrogen-bond donors (Lipinski definition) is 1. The van der Waals surface area contributed by atoms with Gasteiger partial charge in [-0.3, -0.25) is 15.1 Å². The van der Waals surface area contributed by atoms with Crippen LogP contribution in [0.25, 0.3) is 5.70 Å². The highest BCUT2D eigenvalue weighted by Crippen LogP contribution is 2.30. The zero-order valence-corrected chi connectivity index (χ0v) is 14.3. The quantitative estimate of drug-likeness (QED) is 0.848. The minimum Gasteiger partial charge on any atom is -0.298 e. The van der Waals surface area contributed by atoms with Crippen molar-refractivity contribution in [2.75, 3.05) is 6.26 Å². The molecule has 0 saturated heterocycles. The van der Waals surface area contributed by atoms with E-state index < -0.39 is 6.17 Å². The number of hydrogen-bond acceptors (Lipinski definition) is 5. The fourth-order valence-corrected chi connectivity index (χ4v) is 3.26. The van der Waals surface area contributed by atoms with Gasteiger partial charge < -0.3 is 0 Å². The first-order valence-corrected chi connectivity index (χ1v) is 8.93. The maximum absolute atomic E-state index is 12.6. The molecule has 0 aliphatic carbocycles. The Labute approximate surface area is 147 Å². The molecule has 2 aromatic carbocycles. The molecule has 24 heavy (non-hydrogen) atoms. The summed E-state index contributed by atoms with van der Waals surface area (Å²) in [5.41, 5.74) is 1.43. The van der Waals surface area contributed by atoms with Gasteiger partial charge in [0.2, 0.25) is 0 Å². The van der Waals surface area contributed by atoms with E-state index in [1.165, 1.54) is 11.8 Å². The molecule has 0 unspecified atom stereocenters. The Morgan fingerprint density at radius 3 is 2.67 bits per heavy atom. The van der Waals surface area contributed by atoms with Gasteiger partial charge >= 0.3 is 0 Å². The number of amides is 1. The molecule has 1 atom stereocenters. The van der Waals surface area contributed by atoms with E-state index in [1.54, 1.807) is 5.01 Å². The molecule has 1 N–H and O–H groups in total. The van der Waals surface area contributed by atoms with Crippen molar-refractivity contribution in [3.63, 3.8) is 0 Å². The summed E-state index contributed by atoms with van der Waals surface area (Å²) < 4.78 is 0. The number of nitrogens with zero attached hydrogens (tertiary/aromatic N) is 3.